The number of carbonyl (C=O) groups is 5. The molecule has 2 unspecified atom stereocenters. The second-order valence-electron chi connectivity index (χ2n) is 14.4. The van der Waals surface area contributed by atoms with Crippen molar-refractivity contribution in [1.29, 1.82) is 0 Å². The van der Waals surface area contributed by atoms with Crippen molar-refractivity contribution in [2.24, 2.45) is 29.4 Å². The van der Waals surface area contributed by atoms with Crippen LogP contribution in [0.15, 0.2) is 12.1 Å². The van der Waals surface area contributed by atoms with Crippen molar-refractivity contribution >= 4 is 34.7 Å². The molecule has 1 aliphatic heterocycles. The first kappa shape index (κ1) is 31.2. The number of fused-ring (bicyclic) bond motifs is 3. The molecule has 2 saturated carbocycles. The highest BCUT2D eigenvalue weighted by atomic mass is 16.3. The van der Waals surface area contributed by atoms with Crippen LogP contribution in [-0.2, 0) is 19.2 Å². The molecule has 4 aliphatic rings. The van der Waals surface area contributed by atoms with Gasteiger partial charge in [0.2, 0.25) is 5.91 Å². The zero-order chi connectivity index (χ0) is 32.1. The van der Waals surface area contributed by atoms with Crippen LogP contribution in [0.2, 0.25) is 0 Å². The van der Waals surface area contributed by atoms with Crippen molar-refractivity contribution in [3.05, 3.63) is 23.3 Å². The number of phenolic OH excluding ortho intramolecular Hbond substituents is 1. The second kappa shape index (κ2) is 9.91. The van der Waals surface area contributed by atoms with Crippen molar-refractivity contribution in [2.75, 3.05) is 19.4 Å². The first-order valence-corrected chi connectivity index (χ1v) is 14.7. The minimum absolute atomic E-state index is 0.0511. The van der Waals surface area contributed by atoms with Gasteiger partial charge in [0.05, 0.1) is 35.2 Å². The molecule has 0 aromatic heterocycles. The summed E-state index contributed by atoms with van der Waals surface area (Å²) < 4.78 is 0. The molecule has 1 aromatic rings. The third kappa shape index (κ3) is 4.52. The fraction of sp³-hybridized carbons (Fsp3) is 0.645. The van der Waals surface area contributed by atoms with Gasteiger partial charge in [-0.3, -0.25) is 28.9 Å². The standard InChI is InChI=1S/C31H42N4O8/c1-12-14-8-9-15(33-13-10-29(2,3)34-30(4,5)11-13)22(36)17(14)23(37)18-16(12)24(38)20-21(35(6)7)25(39)19(28(32)42)27(41)31(20,43)26(18)40/h8-9,12-13,16,18-21,24,33-34,36,38,43H,10-11H2,1-7H3,(H2,32,42)/t12-,16+,18?,19?,20+,21-,24-,31-/m1/s1. The summed E-state index contributed by atoms with van der Waals surface area (Å²) in [6, 6.07) is 1.89. The van der Waals surface area contributed by atoms with E-state index < -0.39 is 76.4 Å². The van der Waals surface area contributed by atoms with Gasteiger partial charge in [0.1, 0.15) is 5.75 Å². The molecule has 234 valence electrons. The average Bonchev–Trinajstić information content (AvgIpc) is 2.85. The molecule has 1 amide bonds. The Balaban J connectivity index is 1.59. The molecule has 0 spiro atoms. The predicted molar refractivity (Wildman–Crippen MR) is 155 cm³/mol. The number of aromatic hydroxyl groups is 1. The van der Waals surface area contributed by atoms with Crippen LogP contribution in [0.25, 0.3) is 0 Å². The Kier molecular flexibility index (Phi) is 7.20. The van der Waals surface area contributed by atoms with Crippen LogP contribution in [0, 0.1) is 23.7 Å². The van der Waals surface area contributed by atoms with Gasteiger partial charge in [-0.15, -0.1) is 0 Å². The quantitative estimate of drug-likeness (QED) is 0.203. The number of aliphatic hydroxyl groups is 2. The van der Waals surface area contributed by atoms with E-state index in [-0.39, 0.29) is 28.4 Å². The van der Waals surface area contributed by atoms with Gasteiger partial charge in [-0.25, -0.2) is 0 Å². The molecule has 5 rings (SSSR count). The summed E-state index contributed by atoms with van der Waals surface area (Å²) in [6.45, 7) is 10.0. The molecule has 3 fully saturated rings. The first-order valence-electron chi connectivity index (χ1n) is 14.7. The Hall–Kier alpha value is -3.19. The lowest BCUT2D eigenvalue weighted by atomic mass is 9.49. The molecule has 3 aliphatic carbocycles. The topological polar surface area (TPSA) is 199 Å². The Morgan fingerprint density at radius 1 is 1.05 bits per heavy atom. The van der Waals surface area contributed by atoms with Crippen LogP contribution in [0.4, 0.5) is 5.69 Å². The van der Waals surface area contributed by atoms with E-state index in [2.05, 4.69) is 38.3 Å². The molecule has 1 saturated heterocycles. The smallest absolute Gasteiger partial charge is 0.235 e. The number of benzene rings is 1. The lowest BCUT2D eigenvalue weighted by molar-refractivity contribution is -0.196. The number of ketones is 4. The van der Waals surface area contributed by atoms with Gasteiger partial charge in [0, 0.05) is 23.0 Å². The van der Waals surface area contributed by atoms with Crippen LogP contribution in [-0.4, -0.2) is 98.2 Å². The lowest BCUT2D eigenvalue weighted by Crippen LogP contribution is -2.77. The fourth-order valence-electron chi connectivity index (χ4n) is 8.75. The Bertz CT molecular complexity index is 1420. The maximum absolute atomic E-state index is 14.1. The number of carbonyl (C=O) groups excluding carboxylic acids is 5. The maximum Gasteiger partial charge on any atom is 0.235 e. The van der Waals surface area contributed by atoms with Gasteiger partial charge in [-0.05, 0) is 72.2 Å². The molecule has 12 heteroatoms. The van der Waals surface area contributed by atoms with Crippen LogP contribution in [0.3, 0.4) is 0 Å². The molecule has 0 bridgehead atoms. The van der Waals surface area contributed by atoms with Crippen molar-refractivity contribution in [2.45, 2.75) is 88.2 Å². The molecular formula is C31H42N4O8. The molecular weight excluding hydrogens is 556 g/mol. The summed E-state index contributed by atoms with van der Waals surface area (Å²) in [6.07, 6.45) is -0.195. The number of Topliss-reactive ketones (excluding diaryl/α,β-unsaturated/α-hetero) is 4. The number of piperidine rings is 1. The summed E-state index contributed by atoms with van der Waals surface area (Å²) in [5.74, 6) is -13.3. The number of phenols is 1. The molecule has 43 heavy (non-hydrogen) atoms. The number of primary amides is 1. The maximum atomic E-state index is 14.1. The number of hydrogen-bond donors (Lipinski definition) is 6. The molecule has 1 aromatic carbocycles. The highest BCUT2D eigenvalue weighted by Crippen LogP contribution is 2.55. The van der Waals surface area contributed by atoms with Crippen LogP contribution >= 0.6 is 0 Å². The Labute approximate surface area is 250 Å². The highest BCUT2D eigenvalue weighted by Gasteiger charge is 2.73. The normalized spacial score (nSPS) is 37.0. The number of nitrogens with two attached hydrogens (primary N) is 1. The van der Waals surface area contributed by atoms with Crippen molar-refractivity contribution in [1.82, 2.24) is 10.2 Å². The van der Waals surface area contributed by atoms with Gasteiger partial charge in [-0.1, -0.05) is 13.0 Å². The fourth-order valence-corrected chi connectivity index (χ4v) is 8.75. The average molecular weight is 599 g/mol. The van der Waals surface area contributed by atoms with Gasteiger partial charge < -0.3 is 31.7 Å². The number of anilines is 1. The van der Waals surface area contributed by atoms with Gasteiger partial charge in [0.15, 0.2) is 34.7 Å². The highest BCUT2D eigenvalue weighted by molar-refractivity contribution is 6.32. The van der Waals surface area contributed by atoms with Crippen LogP contribution in [0.5, 0.6) is 5.75 Å². The number of nitrogens with zero attached hydrogens (tertiary/aromatic N) is 1. The van der Waals surface area contributed by atoms with Crippen LogP contribution < -0.4 is 16.4 Å². The van der Waals surface area contributed by atoms with E-state index in [0.717, 1.165) is 12.8 Å². The van der Waals surface area contributed by atoms with E-state index in [9.17, 15) is 39.3 Å². The third-order valence-corrected chi connectivity index (χ3v) is 10.0. The van der Waals surface area contributed by atoms with E-state index in [1.807, 2.05) is 0 Å². The van der Waals surface area contributed by atoms with E-state index in [1.54, 1.807) is 19.1 Å². The Morgan fingerprint density at radius 3 is 2.16 bits per heavy atom. The summed E-state index contributed by atoms with van der Waals surface area (Å²) in [4.78, 5) is 68.6. The summed E-state index contributed by atoms with van der Waals surface area (Å²) in [5, 5.41) is 41.9. The number of amides is 1. The van der Waals surface area contributed by atoms with Gasteiger partial charge in [-0.2, -0.15) is 0 Å². The van der Waals surface area contributed by atoms with E-state index in [4.69, 9.17) is 5.73 Å². The van der Waals surface area contributed by atoms with Gasteiger partial charge >= 0.3 is 0 Å². The number of likely N-dealkylation sites (N-methyl/N-ethyl adjacent to an activating group) is 1. The summed E-state index contributed by atoms with van der Waals surface area (Å²) >= 11 is 0. The van der Waals surface area contributed by atoms with Crippen molar-refractivity contribution in [3.8, 4) is 5.75 Å². The van der Waals surface area contributed by atoms with E-state index in [1.165, 1.54) is 19.0 Å². The second-order valence-corrected chi connectivity index (χ2v) is 14.4. The summed E-state index contributed by atoms with van der Waals surface area (Å²) in [5.41, 5.74) is 2.54. The summed E-state index contributed by atoms with van der Waals surface area (Å²) in [7, 11) is 2.92. The third-order valence-electron chi connectivity index (χ3n) is 10.0. The monoisotopic (exact) mass is 598 g/mol. The SMILES string of the molecule is C[C@@H]1c2ccc(NC3CC(C)(C)NC(C)(C)C3)c(O)c2C(=O)C2C(=O)[C@@]3(O)C(=O)C(C(N)=O)C(=O)[C@H](N(C)C)[C@H]3[C@H](O)[C@H]21. The molecule has 0 radical (unpaired) electrons. The largest absolute Gasteiger partial charge is 0.505 e. The molecule has 8 atom stereocenters. The lowest BCUT2D eigenvalue weighted by Gasteiger charge is -2.56. The van der Waals surface area contributed by atoms with E-state index in [0.29, 0.717) is 11.3 Å². The van der Waals surface area contributed by atoms with Gasteiger partial charge in [0.25, 0.3) is 0 Å². The Morgan fingerprint density at radius 2 is 1.63 bits per heavy atom. The minimum atomic E-state index is -3.02. The number of nitrogens with one attached hydrogen (secondary N) is 2. The number of rotatable bonds is 4. The van der Waals surface area contributed by atoms with Crippen LogP contribution in [0.1, 0.15) is 69.3 Å². The van der Waals surface area contributed by atoms with E-state index >= 15 is 0 Å². The predicted octanol–water partition coefficient (Wildman–Crippen LogP) is 0.120. The number of aliphatic hydroxyl groups excluding tert-OH is 1. The molecule has 7 N–H and O–H groups in total. The molecule has 1 heterocycles. The van der Waals surface area contributed by atoms with Crippen molar-refractivity contribution < 1.29 is 39.3 Å². The molecule has 12 nitrogen and oxygen atoms in total. The number of hydrogen-bond acceptors (Lipinski definition) is 11. The minimum Gasteiger partial charge on any atom is -0.505 e. The first-order chi connectivity index (χ1) is 19.7. The zero-order valence-corrected chi connectivity index (χ0v) is 25.6. The zero-order valence-electron chi connectivity index (χ0n) is 25.6. The van der Waals surface area contributed by atoms with Crippen molar-refractivity contribution in [3.63, 3.8) is 0 Å².